The highest BCUT2D eigenvalue weighted by atomic mass is 32.2. The largest absolute Gasteiger partial charge is 0.320 e. The number of anilines is 2. The van der Waals surface area contributed by atoms with Gasteiger partial charge in [-0.1, -0.05) is 36.4 Å². The van der Waals surface area contributed by atoms with Gasteiger partial charge >= 0.3 is 0 Å². The van der Waals surface area contributed by atoms with Gasteiger partial charge in [-0.05, 0) is 48.9 Å². The van der Waals surface area contributed by atoms with Gasteiger partial charge < -0.3 is 10.6 Å². The minimum atomic E-state index is -0.212. The first kappa shape index (κ1) is 20.0. The van der Waals surface area contributed by atoms with Gasteiger partial charge in [-0.15, -0.1) is 23.5 Å². The standard InChI is InChI=1S/C22H20N2O2S2/c1-27-19-13-7-3-9-15(19)21(25)23-17-11-5-6-12-18(17)24-22(26)16-10-4-8-14-20(16)28-2/h3-14H,1-2H3,(H,23,25)(H,24,26). The number of carbonyl (C=O) groups excluding carboxylic acids is 2. The number of para-hydroxylation sites is 2. The summed E-state index contributed by atoms with van der Waals surface area (Å²) in [5.74, 6) is -0.424. The van der Waals surface area contributed by atoms with Crippen LogP contribution in [0.25, 0.3) is 0 Å². The molecule has 0 saturated heterocycles. The third-order valence-electron chi connectivity index (χ3n) is 4.13. The molecule has 28 heavy (non-hydrogen) atoms. The third kappa shape index (κ3) is 4.58. The lowest BCUT2D eigenvalue weighted by atomic mass is 10.1. The van der Waals surface area contributed by atoms with Crippen molar-refractivity contribution in [1.29, 1.82) is 0 Å². The summed E-state index contributed by atoms with van der Waals surface area (Å²) in [7, 11) is 0. The molecule has 0 aliphatic rings. The van der Waals surface area contributed by atoms with E-state index in [-0.39, 0.29) is 11.8 Å². The summed E-state index contributed by atoms with van der Waals surface area (Å²) in [5.41, 5.74) is 2.31. The van der Waals surface area contributed by atoms with Gasteiger partial charge in [-0.25, -0.2) is 0 Å². The van der Waals surface area contributed by atoms with E-state index in [0.717, 1.165) is 9.79 Å². The molecule has 0 unspecified atom stereocenters. The summed E-state index contributed by atoms with van der Waals surface area (Å²) in [6, 6.07) is 22.1. The van der Waals surface area contributed by atoms with Gasteiger partial charge in [0.15, 0.2) is 0 Å². The maximum Gasteiger partial charge on any atom is 0.256 e. The second-order valence-electron chi connectivity index (χ2n) is 5.85. The van der Waals surface area contributed by atoms with E-state index in [9.17, 15) is 9.59 Å². The summed E-state index contributed by atoms with van der Waals surface area (Å²) >= 11 is 3.04. The van der Waals surface area contributed by atoms with E-state index >= 15 is 0 Å². The molecule has 2 amide bonds. The fourth-order valence-corrected chi connectivity index (χ4v) is 3.94. The van der Waals surface area contributed by atoms with Crippen LogP contribution in [-0.2, 0) is 0 Å². The van der Waals surface area contributed by atoms with E-state index in [0.29, 0.717) is 22.5 Å². The summed E-state index contributed by atoms with van der Waals surface area (Å²) in [6.07, 6.45) is 3.87. The molecule has 0 spiro atoms. The molecule has 3 aromatic carbocycles. The molecule has 0 saturated carbocycles. The normalized spacial score (nSPS) is 10.4. The molecule has 0 atom stereocenters. The molecule has 0 bridgehead atoms. The first-order valence-corrected chi connectivity index (χ1v) is 11.1. The van der Waals surface area contributed by atoms with E-state index in [1.165, 1.54) is 23.5 Å². The molecule has 0 aliphatic carbocycles. The molecule has 2 N–H and O–H groups in total. The van der Waals surface area contributed by atoms with Crippen molar-refractivity contribution in [2.24, 2.45) is 0 Å². The van der Waals surface area contributed by atoms with E-state index in [1.807, 2.05) is 61.0 Å². The quantitative estimate of drug-likeness (QED) is 0.519. The smallest absolute Gasteiger partial charge is 0.256 e. The maximum atomic E-state index is 12.8. The van der Waals surface area contributed by atoms with Crippen LogP contribution in [0, 0.1) is 0 Å². The van der Waals surface area contributed by atoms with Crippen LogP contribution in [0.1, 0.15) is 20.7 Å². The van der Waals surface area contributed by atoms with Crippen molar-refractivity contribution in [3.05, 3.63) is 83.9 Å². The van der Waals surface area contributed by atoms with Crippen LogP contribution in [0.4, 0.5) is 11.4 Å². The van der Waals surface area contributed by atoms with E-state index in [4.69, 9.17) is 0 Å². The molecule has 3 aromatic rings. The topological polar surface area (TPSA) is 58.2 Å². The Morgan fingerprint density at radius 1 is 0.607 bits per heavy atom. The highest BCUT2D eigenvalue weighted by Crippen LogP contribution is 2.26. The van der Waals surface area contributed by atoms with Crippen molar-refractivity contribution < 1.29 is 9.59 Å². The van der Waals surface area contributed by atoms with Gasteiger partial charge in [0.25, 0.3) is 11.8 Å². The number of hydrogen-bond donors (Lipinski definition) is 2. The summed E-state index contributed by atoms with van der Waals surface area (Å²) < 4.78 is 0. The predicted molar refractivity (Wildman–Crippen MR) is 119 cm³/mol. The minimum absolute atomic E-state index is 0.212. The van der Waals surface area contributed by atoms with E-state index in [2.05, 4.69) is 10.6 Å². The predicted octanol–water partition coefficient (Wildman–Crippen LogP) is 5.64. The Morgan fingerprint density at radius 2 is 0.964 bits per heavy atom. The average molecular weight is 409 g/mol. The molecule has 4 nitrogen and oxygen atoms in total. The zero-order valence-corrected chi connectivity index (χ0v) is 17.2. The van der Waals surface area contributed by atoms with Crippen LogP contribution in [-0.4, -0.2) is 24.3 Å². The van der Waals surface area contributed by atoms with Crippen LogP contribution in [0.5, 0.6) is 0 Å². The van der Waals surface area contributed by atoms with Gasteiger partial charge in [0.2, 0.25) is 0 Å². The van der Waals surface area contributed by atoms with Crippen LogP contribution in [0.15, 0.2) is 82.6 Å². The molecular formula is C22H20N2O2S2. The molecule has 0 heterocycles. The minimum Gasteiger partial charge on any atom is -0.320 e. The maximum absolute atomic E-state index is 12.8. The Hall–Kier alpha value is -2.70. The number of hydrogen-bond acceptors (Lipinski definition) is 4. The second kappa shape index (κ2) is 9.48. The Bertz CT molecular complexity index is 925. The monoisotopic (exact) mass is 408 g/mol. The van der Waals surface area contributed by atoms with Gasteiger partial charge in [-0.3, -0.25) is 9.59 Å². The Balaban J connectivity index is 1.83. The lowest BCUT2D eigenvalue weighted by Gasteiger charge is -2.14. The highest BCUT2D eigenvalue weighted by Gasteiger charge is 2.15. The van der Waals surface area contributed by atoms with Gasteiger partial charge in [-0.2, -0.15) is 0 Å². The average Bonchev–Trinajstić information content (AvgIpc) is 2.74. The Labute approximate surface area is 173 Å². The lowest BCUT2D eigenvalue weighted by Crippen LogP contribution is -2.17. The molecule has 6 heteroatoms. The SMILES string of the molecule is CSc1ccccc1C(=O)Nc1ccccc1NC(=O)c1ccccc1SC. The molecule has 142 valence electrons. The van der Waals surface area contributed by atoms with Crippen molar-refractivity contribution in [1.82, 2.24) is 0 Å². The lowest BCUT2D eigenvalue weighted by molar-refractivity contribution is 0.101. The molecule has 0 aliphatic heterocycles. The number of rotatable bonds is 6. The summed E-state index contributed by atoms with van der Waals surface area (Å²) in [4.78, 5) is 27.3. The van der Waals surface area contributed by atoms with Crippen molar-refractivity contribution in [2.45, 2.75) is 9.79 Å². The number of carbonyl (C=O) groups is 2. The summed E-state index contributed by atoms with van der Waals surface area (Å²) in [6.45, 7) is 0. The molecular weight excluding hydrogens is 388 g/mol. The van der Waals surface area contributed by atoms with E-state index in [1.54, 1.807) is 24.3 Å². The number of amides is 2. The number of thioether (sulfide) groups is 2. The molecule has 0 radical (unpaired) electrons. The fourth-order valence-electron chi connectivity index (χ4n) is 2.74. The first-order valence-electron chi connectivity index (χ1n) is 8.62. The first-order chi connectivity index (χ1) is 13.6. The second-order valence-corrected chi connectivity index (χ2v) is 7.55. The van der Waals surface area contributed by atoms with Crippen LogP contribution >= 0.6 is 23.5 Å². The summed E-state index contributed by atoms with van der Waals surface area (Å²) in [5, 5.41) is 5.83. The number of benzene rings is 3. The molecule has 3 rings (SSSR count). The van der Waals surface area contributed by atoms with Crippen molar-refractivity contribution >= 4 is 46.7 Å². The van der Waals surface area contributed by atoms with Crippen LogP contribution in [0.2, 0.25) is 0 Å². The Kier molecular flexibility index (Phi) is 6.79. The van der Waals surface area contributed by atoms with Gasteiger partial charge in [0.1, 0.15) is 0 Å². The van der Waals surface area contributed by atoms with Gasteiger partial charge in [0.05, 0.1) is 22.5 Å². The molecule has 0 fully saturated rings. The Morgan fingerprint density at radius 3 is 1.36 bits per heavy atom. The zero-order chi connectivity index (χ0) is 19.9. The highest BCUT2D eigenvalue weighted by molar-refractivity contribution is 7.99. The third-order valence-corrected chi connectivity index (χ3v) is 5.72. The van der Waals surface area contributed by atoms with Crippen molar-refractivity contribution in [3.8, 4) is 0 Å². The molecule has 0 aromatic heterocycles. The van der Waals surface area contributed by atoms with E-state index < -0.39 is 0 Å². The zero-order valence-electron chi connectivity index (χ0n) is 15.6. The fraction of sp³-hybridized carbons (Fsp3) is 0.0909. The number of nitrogens with one attached hydrogen (secondary N) is 2. The van der Waals surface area contributed by atoms with Gasteiger partial charge in [0, 0.05) is 9.79 Å². The van der Waals surface area contributed by atoms with Crippen LogP contribution < -0.4 is 10.6 Å². The van der Waals surface area contributed by atoms with Crippen LogP contribution in [0.3, 0.4) is 0 Å². The van der Waals surface area contributed by atoms with Crippen molar-refractivity contribution in [2.75, 3.05) is 23.1 Å². The van der Waals surface area contributed by atoms with Crippen molar-refractivity contribution in [3.63, 3.8) is 0 Å².